The summed E-state index contributed by atoms with van der Waals surface area (Å²) in [7, 11) is -0.679. The van der Waals surface area contributed by atoms with Crippen molar-refractivity contribution in [1.29, 1.82) is 0 Å². The summed E-state index contributed by atoms with van der Waals surface area (Å²) in [5.74, 6) is -1.19. The number of ether oxygens (including phenoxy) is 1. The molecule has 19 heteroatoms. The van der Waals surface area contributed by atoms with Crippen LogP contribution < -0.4 is 21.8 Å². The minimum Gasteiger partial charge on any atom is -0.423 e. The number of nitrogens with two attached hydrogens (primary N) is 1. The number of H-pyrrole nitrogens is 1. The van der Waals surface area contributed by atoms with Gasteiger partial charge in [-0.1, -0.05) is 4.98 Å². The average Bonchev–Trinajstić information content (AvgIpc) is 3.44. The van der Waals surface area contributed by atoms with Crippen LogP contribution in [0.1, 0.15) is 11.8 Å². The van der Waals surface area contributed by atoms with E-state index in [-0.39, 0.29) is 30.4 Å². The molecule has 41 heavy (non-hydrogen) atoms. The maximum Gasteiger partial charge on any atom is 0.475 e. The molecule has 216 valence electrons. The zero-order valence-corrected chi connectivity index (χ0v) is 22.2. The van der Waals surface area contributed by atoms with Gasteiger partial charge in [0.1, 0.15) is 23.9 Å². The highest BCUT2D eigenvalue weighted by Crippen LogP contribution is 2.57. The Bertz CT molecular complexity index is 1870. The van der Waals surface area contributed by atoms with Crippen molar-refractivity contribution in [3.05, 3.63) is 60.7 Å². The molecule has 0 amide bonds. The van der Waals surface area contributed by atoms with Gasteiger partial charge in [-0.25, -0.2) is 9.36 Å². The quantitative estimate of drug-likeness (QED) is 0.121. The monoisotopic (exact) mass is 591 g/mol. The van der Waals surface area contributed by atoms with E-state index in [1.54, 1.807) is 18.2 Å². The van der Waals surface area contributed by atoms with Crippen LogP contribution in [0.5, 0.6) is 0 Å². The number of aliphatic hydroxyl groups excluding tert-OH is 1. The fraction of sp³-hybridized carbons (Fsp3) is 0.364. The summed E-state index contributed by atoms with van der Waals surface area (Å²) >= 11 is 0. The number of hydrogen-bond donors (Lipinski definition) is 3. The zero-order valence-electron chi connectivity index (χ0n) is 21.3. The van der Waals surface area contributed by atoms with Gasteiger partial charge in [-0.2, -0.15) is 9.55 Å². The van der Waals surface area contributed by atoms with Crippen LogP contribution in [0.15, 0.2) is 38.3 Å². The van der Waals surface area contributed by atoms with Gasteiger partial charge in [0, 0.05) is 37.3 Å². The molecule has 18 nitrogen and oxygen atoms in total. The molecule has 4 aromatic rings. The number of aromatic nitrogens is 4. The van der Waals surface area contributed by atoms with Gasteiger partial charge in [0.2, 0.25) is 17.8 Å². The van der Waals surface area contributed by atoms with Crippen LogP contribution in [0.25, 0.3) is 22.1 Å². The Morgan fingerprint density at radius 1 is 1.32 bits per heavy atom. The Morgan fingerprint density at radius 2 is 2.10 bits per heavy atom. The number of fused-ring (bicyclic) bond motifs is 3. The average molecular weight is 591 g/mol. The number of nitro groups is 1. The molecule has 2 saturated heterocycles. The van der Waals surface area contributed by atoms with Crippen molar-refractivity contribution in [3.63, 3.8) is 0 Å². The lowest BCUT2D eigenvalue weighted by molar-refractivity contribution is -0.398. The lowest BCUT2D eigenvalue weighted by Crippen LogP contribution is -2.39. The molecule has 0 bridgehead atoms. The van der Waals surface area contributed by atoms with Crippen LogP contribution in [0, 0.1) is 10.1 Å². The van der Waals surface area contributed by atoms with Crippen molar-refractivity contribution in [2.24, 2.45) is 0 Å². The van der Waals surface area contributed by atoms with Gasteiger partial charge in [0.25, 0.3) is 11.1 Å². The van der Waals surface area contributed by atoms with Crippen molar-refractivity contribution >= 4 is 47.5 Å². The summed E-state index contributed by atoms with van der Waals surface area (Å²) < 4.78 is 41.6. The van der Waals surface area contributed by atoms with Crippen molar-refractivity contribution in [3.8, 4) is 0 Å². The molecule has 5 heterocycles. The predicted molar refractivity (Wildman–Crippen MR) is 139 cm³/mol. The Hall–Kier alpha value is -4.19. The van der Waals surface area contributed by atoms with Crippen LogP contribution in [0.3, 0.4) is 0 Å². The molecule has 0 saturated carbocycles. The standard InChI is InChI=1S/C22H22N7O11P/c1-27(2)10-3-4-11-9(5-14(30)38-12(11)6-10)7-36-41(35)37-8-13-17(40-41)16(31)20(39-13)28-18-15(24-22(28)29(33)34)19(32)26-21(23)25-18/h3-6,13,16-17,20,31H,7-8H2,1-2H3,(H3,23,25,26,32)/t13-,16-,17-,20-,41?/m1/s1. The fourth-order valence-corrected chi connectivity index (χ4v) is 6.11. The number of aromatic amines is 1. The third kappa shape index (κ3) is 4.65. The zero-order chi connectivity index (χ0) is 29.2. The predicted octanol–water partition coefficient (Wildman–Crippen LogP) is 0.781. The number of rotatable bonds is 6. The first-order valence-electron chi connectivity index (χ1n) is 12.0. The van der Waals surface area contributed by atoms with Gasteiger partial charge in [0.05, 0.1) is 13.2 Å². The summed E-state index contributed by atoms with van der Waals surface area (Å²) in [6, 6.07) is 6.37. The molecule has 0 aliphatic carbocycles. The van der Waals surface area contributed by atoms with Gasteiger partial charge in [0.15, 0.2) is 0 Å². The summed E-state index contributed by atoms with van der Waals surface area (Å²) in [5.41, 5.74) is 4.82. The van der Waals surface area contributed by atoms with Crippen molar-refractivity contribution in [2.75, 3.05) is 31.3 Å². The van der Waals surface area contributed by atoms with Crippen LogP contribution in [-0.2, 0) is 29.5 Å². The summed E-state index contributed by atoms with van der Waals surface area (Å²) in [6.45, 7) is -0.752. The molecular weight excluding hydrogens is 569 g/mol. The molecular formula is C22H22N7O11P. The van der Waals surface area contributed by atoms with Crippen LogP contribution in [0.2, 0.25) is 0 Å². The topological polar surface area (TPSA) is 240 Å². The number of hydrogen-bond acceptors (Lipinski definition) is 15. The molecule has 0 spiro atoms. The van der Waals surface area contributed by atoms with E-state index in [0.29, 0.717) is 10.9 Å². The van der Waals surface area contributed by atoms with Crippen molar-refractivity contribution in [2.45, 2.75) is 31.1 Å². The van der Waals surface area contributed by atoms with Crippen LogP contribution in [0.4, 0.5) is 17.6 Å². The Kier molecular flexibility index (Phi) is 6.40. The number of nitrogens with zero attached hydrogens (tertiary/aromatic N) is 5. The molecule has 0 radical (unpaired) electrons. The normalized spacial score (nSPS) is 25.9. The fourth-order valence-electron chi connectivity index (χ4n) is 4.73. The molecule has 1 aromatic carbocycles. The van der Waals surface area contributed by atoms with E-state index in [9.17, 15) is 29.4 Å². The number of phosphoric acid groups is 1. The van der Waals surface area contributed by atoms with E-state index >= 15 is 0 Å². The number of imidazole rings is 1. The molecule has 5 atom stereocenters. The van der Waals surface area contributed by atoms with Gasteiger partial charge in [-0.05, 0) is 22.6 Å². The lowest BCUT2D eigenvalue weighted by atomic mass is 10.1. The maximum atomic E-state index is 13.4. The highest BCUT2D eigenvalue weighted by Gasteiger charge is 2.56. The summed E-state index contributed by atoms with van der Waals surface area (Å²) in [6.07, 6.45) is -5.55. The third-order valence-electron chi connectivity index (χ3n) is 6.63. The first-order chi connectivity index (χ1) is 19.4. The first kappa shape index (κ1) is 27.0. The molecule has 2 aliphatic rings. The Labute approximate surface area is 228 Å². The van der Waals surface area contributed by atoms with E-state index in [1.165, 1.54) is 6.07 Å². The number of nitrogens with one attached hydrogen (secondary N) is 1. The largest absolute Gasteiger partial charge is 0.475 e. The van der Waals surface area contributed by atoms with E-state index < -0.39 is 59.9 Å². The smallest absolute Gasteiger partial charge is 0.423 e. The minimum absolute atomic E-state index is 0.288. The van der Waals surface area contributed by atoms with E-state index in [2.05, 4.69) is 15.0 Å². The number of benzene rings is 1. The Balaban J connectivity index is 1.26. The molecule has 6 rings (SSSR count). The maximum absolute atomic E-state index is 13.4. The van der Waals surface area contributed by atoms with Gasteiger partial charge < -0.3 is 35.0 Å². The van der Waals surface area contributed by atoms with Gasteiger partial charge in [-0.3, -0.25) is 23.3 Å². The molecule has 3 aromatic heterocycles. The summed E-state index contributed by atoms with van der Waals surface area (Å²) in [5, 5.41) is 23.3. The van der Waals surface area contributed by atoms with Crippen LogP contribution in [-0.4, -0.2) is 68.6 Å². The second-order valence-corrected chi connectivity index (χ2v) is 11.1. The third-order valence-corrected chi connectivity index (χ3v) is 8.05. The second kappa shape index (κ2) is 9.72. The molecule has 1 unspecified atom stereocenters. The highest BCUT2D eigenvalue weighted by atomic mass is 31.2. The molecule has 2 fully saturated rings. The lowest BCUT2D eigenvalue weighted by Gasteiger charge is -2.30. The second-order valence-electron chi connectivity index (χ2n) is 9.47. The molecule has 4 N–H and O–H groups in total. The molecule has 2 aliphatic heterocycles. The number of anilines is 2. The van der Waals surface area contributed by atoms with Crippen LogP contribution >= 0.6 is 7.82 Å². The van der Waals surface area contributed by atoms with E-state index in [1.807, 2.05) is 19.0 Å². The number of phosphoric ester groups is 1. The summed E-state index contributed by atoms with van der Waals surface area (Å²) in [4.78, 5) is 46.9. The van der Waals surface area contributed by atoms with Crippen molar-refractivity contribution < 1.29 is 37.3 Å². The SMILES string of the molecule is CN(C)c1ccc2c(COP3(=O)OC[C@H]4O[C@@H](n5c([N+](=O)[O-])nc6c(=O)[nH]c(N)nc65)[C@H](O)[C@@H]4O3)cc(=O)oc2c1. The van der Waals surface area contributed by atoms with Gasteiger partial charge in [-0.15, -0.1) is 0 Å². The number of nitrogen functional groups attached to an aromatic ring is 1. The van der Waals surface area contributed by atoms with Gasteiger partial charge >= 0.3 is 19.4 Å². The highest BCUT2D eigenvalue weighted by molar-refractivity contribution is 7.48. The van der Waals surface area contributed by atoms with E-state index in [4.69, 9.17) is 28.5 Å². The first-order valence-corrected chi connectivity index (χ1v) is 13.5. The van der Waals surface area contributed by atoms with E-state index in [0.717, 1.165) is 10.3 Å². The van der Waals surface area contributed by atoms with Crippen molar-refractivity contribution in [1.82, 2.24) is 19.5 Å². The minimum atomic E-state index is -4.33. The Morgan fingerprint density at radius 3 is 2.83 bits per heavy atom. The number of aliphatic hydroxyl groups is 1.